The van der Waals surface area contributed by atoms with Gasteiger partial charge in [0, 0.05) is 30.3 Å². The number of carbonyl (C=O) groups excluding carboxylic acids is 2. The van der Waals surface area contributed by atoms with Gasteiger partial charge in [0.15, 0.2) is 0 Å². The lowest BCUT2D eigenvalue weighted by atomic mass is 10.2. The summed E-state index contributed by atoms with van der Waals surface area (Å²) in [5.74, 6) is 0.248. The van der Waals surface area contributed by atoms with Crippen LogP contribution in [0.5, 0.6) is 0 Å². The Morgan fingerprint density at radius 2 is 2.10 bits per heavy atom. The van der Waals surface area contributed by atoms with Crippen LogP contribution in [-0.2, 0) is 16.1 Å². The first-order valence-electron chi connectivity index (χ1n) is 9.64. The van der Waals surface area contributed by atoms with E-state index in [0.29, 0.717) is 36.0 Å². The van der Waals surface area contributed by atoms with E-state index in [1.165, 1.54) is 4.90 Å². The summed E-state index contributed by atoms with van der Waals surface area (Å²) in [4.78, 5) is 29.2. The van der Waals surface area contributed by atoms with Crippen molar-refractivity contribution in [1.29, 1.82) is 0 Å². The highest BCUT2D eigenvalue weighted by molar-refractivity contribution is 6.31. The summed E-state index contributed by atoms with van der Waals surface area (Å²) in [6, 6.07) is 10.3. The zero-order valence-corrected chi connectivity index (χ0v) is 17.0. The van der Waals surface area contributed by atoms with Gasteiger partial charge in [-0.3, -0.25) is 9.59 Å². The average Bonchev–Trinajstić information content (AvgIpc) is 3.41. The van der Waals surface area contributed by atoms with E-state index < -0.39 is 0 Å². The molecule has 1 atom stereocenters. The van der Waals surface area contributed by atoms with Crippen LogP contribution in [-0.4, -0.2) is 54.0 Å². The fraction of sp³-hybridized carbons (Fsp3) is 0.364. The number of carbonyl (C=O) groups is 2. The molecule has 6 nitrogen and oxygen atoms in total. The maximum atomic E-state index is 13.1. The van der Waals surface area contributed by atoms with Gasteiger partial charge < -0.3 is 19.0 Å². The summed E-state index contributed by atoms with van der Waals surface area (Å²) < 4.78 is 11.1. The van der Waals surface area contributed by atoms with Crippen molar-refractivity contribution in [2.24, 2.45) is 0 Å². The number of hydrogen-bond donors (Lipinski definition) is 0. The molecule has 2 heterocycles. The molecule has 3 rings (SSSR count). The second-order valence-corrected chi connectivity index (χ2v) is 7.41. The van der Waals surface area contributed by atoms with Crippen LogP contribution in [0.4, 0.5) is 0 Å². The molecule has 1 fully saturated rings. The van der Waals surface area contributed by atoms with E-state index in [0.717, 1.165) is 12.8 Å². The summed E-state index contributed by atoms with van der Waals surface area (Å²) in [6.07, 6.45) is 5.09. The molecule has 1 aromatic carbocycles. The second-order valence-electron chi connectivity index (χ2n) is 6.97. The van der Waals surface area contributed by atoms with Crippen molar-refractivity contribution in [1.82, 2.24) is 9.80 Å². The molecule has 2 aromatic rings. The molecule has 0 aliphatic carbocycles. The maximum absolute atomic E-state index is 13.1. The van der Waals surface area contributed by atoms with Crippen LogP contribution in [0, 0.1) is 0 Å². The molecule has 29 heavy (non-hydrogen) atoms. The molecule has 0 spiro atoms. The van der Waals surface area contributed by atoms with Crippen LogP contribution >= 0.6 is 11.6 Å². The molecule has 0 N–H and O–H groups in total. The summed E-state index contributed by atoms with van der Waals surface area (Å²) in [5, 5.41) is 0.471. The Kier molecular flexibility index (Phi) is 7.49. The fourth-order valence-electron chi connectivity index (χ4n) is 3.32. The largest absolute Gasteiger partial charge is 0.467 e. The third kappa shape index (κ3) is 5.95. The van der Waals surface area contributed by atoms with E-state index in [-0.39, 0.29) is 31.0 Å². The maximum Gasteiger partial charge on any atom is 0.254 e. The van der Waals surface area contributed by atoms with Crippen LogP contribution in [0.2, 0.25) is 5.02 Å². The number of benzene rings is 1. The van der Waals surface area contributed by atoms with Crippen molar-refractivity contribution < 1.29 is 18.7 Å². The Morgan fingerprint density at radius 1 is 1.24 bits per heavy atom. The van der Waals surface area contributed by atoms with Crippen molar-refractivity contribution >= 4 is 23.4 Å². The van der Waals surface area contributed by atoms with Crippen LogP contribution in [0.3, 0.4) is 0 Å². The predicted octanol–water partition coefficient (Wildman–Crippen LogP) is 3.77. The average molecular weight is 417 g/mol. The lowest BCUT2D eigenvalue weighted by Crippen LogP contribution is -2.45. The van der Waals surface area contributed by atoms with Gasteiger partial charge in [-0.2, -0.15) is 0 Å². The second kappa shape index (κ2) is 10.3. The molecule has 1 saturated heterocycles. The molecule has 154 valence electrons. The van der Waals surface area contributed by atoms with Gasteiger partial charge in [0.25, 0.3) is 5.91 Å². The monoisotopic (exact) mass is 416 g/mol. The fourth-order valence-corrected chi connectivity index (χ4v) is 3.51. The molecule has 0 unspecified atom stereocenters. The van der Waals surface area contributed by atoms with Crippen LogP contribution in [0.25, 0.3) is 0 Å². The highest BCUT2D eigenvalue weighted by Gasteiger charge is 2.26. The molecule has 7 heteroatoms. The van der Waals surface area contributed by atoms with Crippen molar-refractivity contribution in [3.8, 4) is 0 Å². The normalized spacial score (nSPS) is 15.8. The molecule has 1 aliphatic heterocycles. The van der Waals surface area contributed by atoms with E-state index in [1.807, 2.05) is 6.07 Å². The van der Waals surface area contributed by atoms with Gasteiger partial charge in [-0.15, -0.1) is 6.58 Å². The predicted molar refractivity (Wildman–Crippen MR) is 111 cm³/mol. The molecular formula is C22H25ClN2O4. The Hall–Kier alpha value is -2.57. The number of nitrogens with zero attached hydrogens (tertiary/aromatic N) is 2. The topological polar surface area (TPSA) is 63.0 Å². The molecule has 0 saturated carbocycles. The third-order valence-corrected chi connectivity index (χ3v) is 5.00. The van der Waals surface area contributed by atoms with Gasteiger partial charge in [-0.1, -0.05) is 23.7 Å². The summed E-state index contributed by atoms with van der Waals surface area (Å²) in [5.41, 5.74) is 0.434. The molecule has 0 radical (unpaired) electrons. The van der Waals surface area contributed by atoms with Gasteiger partial charge in [0.05, 0.1) is 18.9 Å². The van der Waals surface area contributed by atoms with E-state index in [4.69, 9.17) is 20.8 Å². The molecule has 1 aliphatic rings. The summed E-state index contributed by atoms with van der Waals surface area (Å²) in [7, 11) is 0. The minimum Gasteiger partial charge on any atom is -0.467 e. The number of halogens is 1. The van der Waals surface area contributed by atoms with Gasteiger partial charge in [-0.25, -0.2) is 0 Å². The number of furan rings is 1. The van der Waals surface area contributed by atoms with Gasteiger partial charge >= 0.3 is 0 Å². The van der Waals surface area contributed by atoms with E-state index in [1.54, 1.807) is 47.6 Å². The first-order valence-corrected chi connectivity index (χ1v) is 10.0. The van der Waals surface area contributed by atoms with Crippen molar-refractivity contribution in [2.75, 3.05) is 26.2 Å². The number of ether oxygens (including phenoxy) is 1. The highest BCUT2D eigenvalue weighted by atomic mass is 35.5. The van der Waals surface area contributed by atoms with Gasteiger partial charge in [-0.05, 0) is 43.2 Å². The zero-order chi connectivity index (χ0) is 20.6. The van der Waals surface area contributed by atoms with E-state index in [2.05, 4.69) is 6.58 Å². The molecular weight excluding hydrogens is 392 g/mol. The standard InChI is InChI=1S/C22H25ClN2O4/c1-2-10-24(22(27)17-6-3-7-18(23)13-17)16-21(26)25(14-19-8-4-11-28-19)15-20-9-5-12-29-20/h2-4,6-8,11,13,20H,1,5,9-10,12,14-16H2/t20-/m1/s1. The SMILES string of the molecule is C=CCN(CC(=O)N(Cc1ccco1)C[C@H]1CCCO1)C(=O)c1cccc(Cl)c1. The van der Waals surface area contributed by atoms with E-state index in [9.17, 15) is 9.59 Å². The number of hydrogen-bond acceptors (Lipinski definition) is 4. The molecule has 1 aromatic heterocycles. The zero-order valence-electron chi connectivity index (χ0n) is 16.3. The van der Waals surface area contributed by atoms with Crippen LogP contribution in [0.15, 0.2) is 59.7 Å². The third-order valence-electron chi connectivity index (χ3n) is 4.76. The highest BCUT2D eigenvalue weighted by Crippen LogP contribution is 2.17. The van der Waals surface area contributed by atoms with Crippen molar-refractivity contribution in [3.63, 3.8) is 0 Å². The summed E-state index contributed by atoms with van der Waals surface area (Å²) >= 11 is 6.01. The Morgan fingerprint density at radius 3 is 2.76 bits per heavy atom. The molecule has 2 amide bonds. The first-order chi connectivity index (χ1) is 14.1. The van der Waals surface area contributed by atoms with Crippen molar-refractivity contribution in [3.05, 3.63) is 71.7 Å². The quantitative estimate of drug-likeness (QED) is 0.584. The summed E-state index contributed by atoms with van der Waals surface area (Å²) in [6.45, 7) is 5.41. The smallest absolute Gasteiger partial charge is 0.254 e. The van der Waals surface area contributed by atoms with E-state index >= 15 is 0 Å². The Labute approximate surface area is 175 Å². The minimum atomic E-state index is -0.268. The first kappa shape index (κ1) is 21.1. The van der Waals surface area contributed by atoms with Crippen LogP contribution in [0.1, 0.15) is 29.0 Å². The number of rotatable bonds is 9. The van der Waals surface area contributed by atoms with Gasteiger partial charge in [0.1, 0.15) is 12.3 Å². The minimum absolute atomic E-state index is 0.00500. The van der Waals surface area contributed by atoms with Crippen LogP contribution < -0.4 is 0 Å². The Bertz CT molecular complexity index is 831. The van der Waals surface area contributed by atoms with Gasteiger partial charge in [0.2, 0.25) is 5.91 Å². The lowest BCUT2D eigenvalue weighted by Gasteiger charge is -2.28. The molecule has 0 bridgehead atoms. The Balaban J connectivity index is 1.73. The lowest BCUT2D eigenvalue weighted by molar-refractivity contribution is -0.134. The van der Waals surface area contributed by atoms with Crippen molar-refractivity contribution in [2.45, 2.75) is 25.5 Å². The number of amides is 2.